The molecule has 6 heteroatoms. The Labute approximate surface area is 137 Å². The molecule has 6 nitrogen and oxygen atoms in total. The summed E-state index contributed by atoms with van der Waals surface area (Å²) < 4.78 is 5.36. The van der Waals surface area contributed by atoms with Gasteiger partial charge in [-0.2, -0.15) is 0 Å². The Bertz CT molecular complexity index is 501. The molecule has 126 valence electrons. The van der Waals surface area contributed by atoms with E-state index in [4.69, 9.17) is 4.74 Å². The number of benzene rings is 1. The molecule has 1 heterocycles. The highest BCUT2D eigenvalue weighted by Gasteiger charge is 2.25. The molecule has 0 spiro atoms. The summed E-state index contributed by atoms with van der Waals surface area (Å²) in [6.45, 7) is 4.48. The van der Waals surface area contributed by atoms with Gasteiger partial charge in [-0.15, -0.1) is 0 Å². The number of rotatable bonds is 8. The van der Waals surface area contributed by atoms with Crippen LogP contribution in [0, 0.1) is 0 Å². The first-order chi connectivity index (χ1) is 11.2. The maximum atomic E-state index is 12.3. The molecule has 0 aliphatic carbocycles. The van der Waals surface area contributed by atoms with E-state index < -0.39 is 0 Å². The Morgan fingerprint density at radius 1 is 1.35 bits per heavy atom. The molecule has 0 radical (unpaired) electrons. The molecule has 1 aliphatic rings. The third-order valence-electron chi connectivity index (χ3n) is 3.81. The van der Waals surface area contributed by atoms with Crippen molar-refractivity contribution in [3.63, 3.8) is 0 Å². The maximum absolute atomic E-state index is 12.3. The molecule has 0 saturated carbocycles. The van der Waals surface area contributed by atoms with Crippen molar-refractivity contribution in [1.82, 2.24) is 15.5 Å². The first kappa shape index (κ1) is 17.3. The van der Waals surface area contributed by atoms with E-state index in [1.807, 2.05) is 23.1 Å². The highest BCUT2D eigenvalue weighted by molar-refractivity contribution is 5.85. The second kappa shape index (κ2) is 9.15. The summed E-state index contributed by atoms with van der Waals surface area (Å²) in [5.41, 5.74) is 0. The zero-order chi connectivity index (χ0) is 16.5. The van der Waals surface area contributed by atoms with Crippen molar-refractivity contribution in [1.29, 1.82) is 0 Å². The van der Waals surface area contributed by atoms with Gasteiger partial charge in [-0.05, 0) is 31.5 Å². The van der Waals surface area contributed by atoms with Crippen molar-refractivity contribution in [2.45, 2.75) is 25.8 Å². The molecule has 2 rings (SSSR count). The van der Waals surface area contributed by atoms with Crippen LogP contribution in [-0.2, 0) is 9.59 Å². The van der Waals surface area contributed by atoms with Gasteiger partial charge in [-0.3, -0.25) is 9.59 Å². The molecule has 1 atom stereocenters. The van der Waals surface area contributed by atoms with E-state index in [1.165, 1.54) is 0 Å². The fourth-order valence-electron chi connectivity index (χ4n) is 2.65. The predicted octanol–water partition coefficient (Wildman–Crippen LogP) is 0.782. The molecular weight excluding hydrogens is 294 g/mol. The van der Waals surface area contributed by atoms with E-state index in [1.54, 1.807) is 12.1 Å². The molecule has 1 aromatic carbocycles. The van der Waals surface area contributed by atoms with Crippen LogP contribution < -0.4 is 15.4 Å². The molecule has 0 aromatic heterocycles. The molecule has 23 heavy (non-hydrogen) atoms. The van der Waals surface area contributed by atoms with Gasteiger partial charge >= 0.3 is 0 Å². The minimum atomic E-state index is -0.289. The highest BCUT2D eigenvalue weighted by Crippen LogP contribution is 2.10. The lowest BCUT2D eigenvalue weighted by Crippen LogP contribution is -2.47. The van der Waals surface area contributed by atoms with Gasteiger partial charge in [0.15, 0.2) is 6.61 Å². The largest absolute Gasteiger partial charge is 0.484 e. The fourth-order valence-corrected chi connectivity index (χ4v) is 2.65. The topological polar surface area (TPSA) is 70.7 Å². The third-order valence-corrected chi connectivity index (χ3v) is 3.81. The summed E-state index contributed by atoms with van der Waals surface area (Å²) in [6.07, 6.45) is 1.88. The van der Waals surface area contributed by atoms with E-state index in [2.05, 4.69) is 17.6 Å². The maximum Gasteiger partial charge on any atom is 0.258 e. The van der Waals surface area contributed by atoms with Gasteiger partial charge in [0, 0.05) is 19.1 Å². The standard InChI is InChI=1S/C17H25N3O3/c1-2-10-20(14-8-9-18-11-14)17(22)12-19-16(21)13-23-15-6-4-3-5-7-15/h3-7,14,18H,2,8-13H2,1H3,(H,19,21). The Hall–Kier alpha value is -2.08. The molecule has 1 unspecified atom stereocenters. The van der Waals surface area contributed by atoms with Crippen LogP contribution in [-0.4, -0.2) is 55.5 Å². The number of hydrogen-bond donors (Lipinski definition) is 2. The molecule has 1 fully saturated rings. The van der Waals surface area contributed by atoms with Gasteiger partial charge in [-0.25, -0.2) is 0 Å². The van der Waals surface area contributed by atoms with E-state index in [-0.39, 0.29) is 31.0 Å². The Morgan fingerprint density at radius 2 is 2.13 bits per heavy atom. The van der Waals surface area contributed by atoms with Crippen LogP contribution in [0.2, 0.25) is 0 Å². The number of ether oxygens (including phenoxy) is 1. The van der Waals surface area contributed by atoms with E-state index in [0.717, 1.165) is 32.5 Å². The molecule has 2 N–H and O–H groups in total. The van der Waals surface area contributed by atoms with Gasteiger partial charge in [0.2, 0.25) is 5.91 Å². The van der Waals surface area contributed by atoms with Crippen LogP contribution in [0.15, 0.2) is 30.3 Å². The molecule has 1 aliphatic heterocycles. The number of carbonyl (C=O) groups excluding carboxylic acids is 2. The predicted molar refractivity (Wildman–Crippen MR) is 88.2 cm³/mol. The zero-order valence-corrected chi connectivity index (χ0v) is 13.6. The molecule has 2 amide bonds. The van der Waals surface area contributed by atoms with Crippen LogP contribution in [0.25, 0.3) is 0 Å². The first-order valence-corrected chi connectivity index (χ1v) is 8.15. The SMILES string of the molecule is CCCN(C(=O)CNC(=O)COc1ccccc1)C1CCNC1. The van der Waals surface area contributed by atoms with Crippen molar-refractivity contribution in [2.24, 2.45) is 0 Å². The summed E-state index contributed by atoms with van der Waals surface area (Å²) in [5, 5.41) is 5.91. The van der Waals surface area contributed by atoms with Crippen LogP contribution in [0.4, 0.5) is 0 Å². The second-order valence-electron chi connectivity index (χ2n) is 5.61. The zero-order valence-electron chi connectivity index (χ0n) is 13.6. The number of amides is 2. The van der Waals surface area contributed by atoms with Gasteiger partial charge in [0.25, 0.3) is 5.91 Å². The number of carbonyl (C=O) groups is 2. The van der Waals surface area contributed by atoms with Crippen molar-refractivity contribution in [3.05, 3.63) is 30.3 Å². The summed E-state index contributed by atoms with van der Waals surface area (Å²) in [4.78, 5) is 26.0. The van der Waals surface area contributed by atoms with Crippen LogP contribution >= 0.6 is 0 Å². The van der Waals surface area contributed by atoms with Crippen molar-refractivity contribution >= 4 is 11.8 Å². The highest BCUT2D eigenvalue weighted by atomic mass is 16.5. The van der Waals surface area contributed by atoms with Crippen molar-refractivity contribution in [2.75, 3.05) is 32.8 Å². The number of para-hydroxylation sites is 1. The van der Waals surface area contributed by atoms with Gasteiger partial charge in [-0.1, -0.05) is 25.1 Å². The molecule has 1 aromatic rings. The molecular formula is C17H25N3O3. The van der Waals surface area contributed by atoms with E-state index >= 15 is 0 Å². The van der Waals surface area contributed by atoms with Gasteiger partial charge in [0.1, 0.15) is 5.75 Å². The Kier molecular flexibility index (Phi) is 6.87. The van der Waals surface area contributed by atoms with Gasteiger partial charge in [0.05, 0.1) is 6.54 Å². The second-order valence-corrected chi connectivity index (χ2v) is 5.61. The summed E-state index contributed by atoms with van der Waals surface area (Å²) in [6, 6.07) is 9.37. The molecule has 0 bridgehead atoms. The van der Waals surface area contributed by atoms with E-state index in [0.29, 0.717) is 5.75 Å². The van der Waals surface area contributed by atoms with Crippen LogP contribution in [0.3, 0.4) is 0 Å². The first-order valence-electron chi connectivity index (χ1n) is 8.15. The summed E-state index contributed by atoms with van der Waals surface area (Å²) >= 11 is 0. The lowest BCUT2D eigenvalue weighted by Gasteiger charge is -2.28. The van der Waals surface area contributed by atoms with Crippen molar-refractivity contribution in [3.8, 4) is 5.75 Å². The average Bonchev–Trinajstić information content (AvgIpc) is 3.10. The number of nitrogens with zero attached hydrogens (tertiary/aromatic N) is 1. The Balaban J connectivity index is 1.74. The number of nitrogens with one attached hydrogen (secondary N) is 2. The quantitative estimate of drug-likeness (QED) is 0.743. The third kappa shape index (κ3) is 5.56. The summed E-state index contributed by atoms with van der Waals surface area (Å²) in [7, 11) is 0. The lowest BCUT2D eigenvalue weighted by atomic mass is 10.2. The molecule has 1 saturated heterocycles. The smallest absolute Gasteiger partial charge is 0.258 e. The average molecular weight is 319 g/mol. The lowest BCUT2D eigenvalue weighted by molar-refractivity contribution is -0.135. The van der Waals surface area contributed by atoms with E-state index in [9.17, 15) is 9.59 Å². The fraction of sp³-hybridized carbons (Fsp3) is 0.529. The normalized spacial score (nSPS) is 16.8. The minimum Gasteiger partial charge on any atom is -0.484 e. The summed E-state index contributed by atoms with van der Waals surface area (Å²) in [5.74, 6) is 0.315. The minimum absolute atomic E-state index is 0.0213. The van der Waals surface area contributed by atoms with Crippen LogP contribution in [0.5, 0.6) is 5.75 Å². The van der Waals surface area contributed by atoms with Gasteiger partial charge < -0.3 is 20.3 Å². The van der Waals surface area contributed by atoms with Crippen molar-refractivity contribution < 1.29 is 14.3 Å². The number of hydrogen-bond acceptors (Lipinski definition) is 4. The van der Waals surface area contributed by atoms with Crippen LogP contribution in [0.1, 0.15) is 19.8 Å². The Morgan fingerprint density at radius 3 is 2.78 bits per heavy atom. The monoisotopic (exact) mass is 319 g/mol.